The number of aromatic nitrogens is 6. The molecule has 0 saturated carbocycles. The van der Waals surface area contributed by atoms with Crippen LogP contribution in [0.5, 0.6) is 0 Å². The fourth-order valence-electron chi connectivity index (χ4n) is 3.89. The van der Waals surface area contributed by atoms with Gasteiger partial charge in [0.1, 0.15) is 17.7 Å². The van der Waals surface area contributed by atoms with Gasteiger partial charge < -0.3 is 14.9 Å². The van der Waals surface area contributed by atoms with Gasteiger partial charge in [-0.15, -0.1) is 12.4 Å². The van der Waals surface area contributed by atoms with Crippen molar-refractivity contribution in [3.05, 3.63) is 54.5 Å². The molecule has 11 heteroatoms. The number of nitrogens with zero attached hydrogens (tertiary/aromatic N) is 5. The van der Waals surface area contributed by atoms with Crippen LogP contribution >= 0.6 is 12.4 Å². The van der Waals surface area contributed by atoms with Crippen LogP contribution in [-0.4, -0.2) is 43.0 Å². The molecule has 0 unspecified atom stereocenters. The summed E-state index contributed by atoms with van der Waals surface area (Å²) in [6.07, 6.45) is 2.26. The van der Waals surface area contributed by atoms with Crippen LogP contribution in [-0.2, 0) is 6.18 Å². The number of fused-ring (bicyclic) bond motifs is 1. The van der Waals surface area contributed by atoms with E-state index in [-0.39, 0.29) is 18.3 Å². The smallest absolute Gasteiger partial charge is 0.355 e. The molecule has 7 nitrogen and oxygen atoms in total. The quantitative estimate of drug-likeness (QED) is 0.478. The summed E-state index contributed by atoms with van der Waals surface area (Å²) in [6, 6.07) is 5.11. The van der Waals surface area contributed by atoms with Crippen molar-refractivity contribution in [2.24, 2.45) is 0 Å². The van der Waals surface area contributed by atoms with Crippen molar-refractivity contribution in [1.82, 2.24) is 29.9 Å². The van der Waals surface area contributed by atoms with Gasteiger partial charge in [-0.2, -0.15) is 13.2 Å². The molecule has 0 atom stereocenters. The Bertz CT molecular complexity index is 1160. The lowest BCUT2D eigenvalue weighted by molar-refractivity contribution is -0.137. The molecule has 4 aromatic rings. The molecule has 1 aliphatic heterocycles. The molecule has 2 N–H and O–H groups in total. The SMILES string of the molecule is Cl.FC(F)(F)c1ccc(-c2cnc(C3CCN(c4ncnc5nc[nH]c45)CC3)[nH]2)cc1. The molecule has 0 spiro atoms. The zero-order valence-corrected chi connectivity index (χ0v) is 17.0. The van der Waals surface area contributed by atoms with Gasteiger partial charge in [0.15, 0.2) is 11.5 Å². The molecular weight excluding hydrogens is 431 g/mol. The Labute approximate surface area is 181 Å². The standard InChI is InChI=1S/C20H18F3N7.ClH/c21-20(22,23)14-3-1-12(2-4-14)15-9-24-17(29-15)13-5-7-30(8-6-13)19-16-18(26-10-25-16)27-11-28-19;/h1-4,9-11,13H,5-8H2,(H,24,29)(H,25,26,27,28);1H. The molecule has 0 amide bonds. The Kier molecular flexibility index (Phi) is 5.57. The third-order valence-electron chi connectivity index (χ3n) is 5.50. The molecule has 1 fully saturated rings. The zero-order valence-electron chi connectivity index (χ0n) is 16.2. The molecule has 1 aromatic carbocycles. The molecule has 0 radical (unpaired) electrons. The molecule has 5 rings (SSSR count). The zero-order chi connectivity index (χ0) is 20.7. The summed E-state index contributed by atoms with van der Waals surface area (Å²) in [4.78, 5) is 25.8. The van der Waals surface area contributed by atoms with Crippen LogP contribution in [0.3, 0.4) is 0 Å². The predicted octanol–water partition coefficient (Wildman–Crippen LogP) is 4.57. The number of anilines is 1. The Hall–Kier alpha value is -3.14. The minimum atomic E-state index is -4.34. The Morgan fingerprint density at radius 2 is 1.71 bits per heavy atom. The fraction of sp³-hybridized carbons (Fsp3) is 0.300. The first-order valence-corrected chi connectivity index (χ1v) is 9.60. The summed E-state index contributed by atoms with van der Waals surface area (Å²) >= 11 is 0. The second-order valence-corrected chi connectivity index (χ2v) is 7.32. The Morgan fingerprint density at radius 1 is 0.968 bits per heavy atom. The maximum atomic E-state index is 12.8. The van der Waals surface area contributed by atoms with Gasteiger partial charge in [-0.1, -0.05) is 12.1 Å². The number of rotatable bonds is 3. The van der Waals surface area contributed by atoms with E-state index in [1.165, 1.54) is 18.5 Å². The molecule has 1 aliphatic rings. The molecule has 3 aromatic heterocycles. The minimum Gasteiger partial charge on any atom is -0.355 e. The molecule has 0 bridgehead atoms. The van der Waals surface area contributed by atoms with Crippen molar-refractivity contribution >= 4 is 29.4 Å². The Balaban J connectivity index is 0.00000231. The van der Waals surface area contributed by atoms with E-state index in [2.05, 4.69) is 34.8 Å². The van der Waals surface area contributed by atoms with Gasteiger partial charge in [0.05, 0.1) is 23.8 Å². The largest absolute Gasteiger partial charge is 0.416 e. The van der Waals surface area contributed by atoms with Crippen molar-refractivity contribution in [3.63, 3.8) is 0 Å². The molecule has 31 heavy (non-hydrogen) atoms. The average molecular weight is 450 g/mol. The summed E-state index contributed by atoms with van der Waals surface area (Å²) < 4.78 is 38.3. The van der Waals surface area contributed by atoms with E-state index in [9.17, 15) is 13.2 Å². The summed E-state index contributed by atoms with van der Waals surface area (Å²) in [7, 11) is 0. The van der Waals surface area contributed by atoms with Crippen LogP contribution in [0.2, 0.25) is 0 Å². The van der Waals surface area contributed by atoms with Gasteiger partial charge in [-0.25, -0.2) is 19.9 Å². The second-order valence-electron chi connectivity index (χ2n) is 7.32. The van der Waals surface area contributed by atoms with E-state index in [0.717, 1.165) is 60.9 Å². The van der Waals surface area contributed by atoms with Gasteiger partial charge in [-0.05, 0) is 30.5 Å². The van der Waals surface area contributed by atoms with Crippen LogP contribution < -0.4 is 4.90 Å². The third-order valence-corrected chi connectivity index (χ3v) is 5.50. The van der Waals surface area contributed by atoms with Gasteiger partial charge >= 0.3 is 6.18 Å². The van der Waals surface area contributed by atoms with Crippen LogP contribution in [0.4, 0.5) is 19.0 Å². The lowest BCUT2D eigenvalue weighted by Gasteiger charge is -2.32. The number of alkyl halides is 3. The highest BCUT2D eigenvalue weighted by atomic mass is 35.5. The summed E-state index contributed by atoms with van der Waals surface area (Å²) in [6.45, 7) is 1.62. The first-order valence-electron chi connectivity index (χ1n) is 9.60. The van der Waals surface area contributed by atoms with E-state index < -0.39 is 11.7 Å². The normalized spacial score (nSPS) is 15.3. The van der Waals surface area contributed by atoms with E-state index in [1.807, 2.05) is 0 Å². The molecule has 4 heterocycles. The maximum Gasteiger partial charge on any atom is 0.416 e. The number of imidazole rings is 2. The number of piperidine rings is 1. The van der Waals surface area contributed by atoms with Crippen LogP contribution in [0.1, 0.15) is 30.1 Å². The molecule has 1 saturated heterocycles. The number of hydrogen-bond acceptors (Lipinski definition) is 5. The highest BCUT2D eigenvalue weighted by Crippen LogP contribution is 2.33. The number of hydrogen-bond donors (Lipinski definition) is 2. The van der Waals surface area contributed by atoms with Gasteiger partial charge in [-0.3, -0.25) is 0 Å². The van der Waals surface area contributed by atoms with Crippen molar-refractivity contribution in [2.75, 3.05) is 18.0 Å². The number of aromatic amines is 2. The highest BCUT2D eigenvalue weighted by molar-refractivity contribution is 5.85. The second kappa shape index (κ2) is 8.18. The summed E-state index contributed by atoms with van der Waals surface area (Å²) in [5.74, 6) is 1.96. The highest BCUT2D eigenvalue weighted by Gasteiger charge is 2.30. The number of halogens is 4. The third kappa shape index (κ3) is 4.07. The van der Waals surface area contributed by atoms with Crippen LogP contribution in [0.25, 0.3) is 22.4 Å². The van der Waals surface area contributed by atoms with Crippen molar-refractivity contribution < 1.29 is 13.2 Å². The van der Waals surface area contributed by atoms with Crippen molar-refractivity contribution in [3.8, 4) is 11.3 Å². The molecule has 0 aliphatic carbocycles. The van der Waals surface area contributed by atoms with Gasteiger partial charge in [0.2, 0.25) is 0 Å². The molecular formula is C20H19ClF3N7. The van der Waals surface area contributed by atoms with Crippen molar-refractivity contribution in [1.29, 1.82) is 0 Å². The topological polar surface area (TPSA) is 86.4 Å². The molecule has 162 valence electrons. The number of benzene rings is 1. The van der Waals surface area contributed by atoms with E-state index in [0.29, 0.717) is 11.2 Å². The first kappa shape index (κ1) is 21.1. The van der Waals surface area contributed by atoms with E-state index in [1.54, 1.807) is 12.5 Å². The van der Waals surface area contributed by atoms with Crippen molar-refractivity contribution in [2.45, 2.75) is 24.9 Å². The van der Waals surface area contributed by atoms with E-state index >= 15 is 0 Å². The number of nitrogens with one attached hydrogen (secondary N) is 2. The van der Waals surface area contributed by atoms with E-state index in [4.69, 9.17) is 0 Å². The van der Waals surface area contributed by atoms with Gasteiger partial charge in [0, 0.05) is 19.0 Å². The summed E-state index contributed by atoms with van der Waals surface area (Å²) in [5.41, 5.74) is 2.22. The summed E-state index contributed by atoms with van der Waals surface area (Å²) in [5, 5.41) is 0. The number of H-pyrrole nitrogens is 2. The lowest BCUT2D eigenvalue weighted by atomic mass is 9.96. The first-order chi connectivity index (χ1) is 14.5. The fourth-order valence-corrected chi connectivity index (χ4v) is 3.89. The monoisotopic (exact) mass is 449 g/mol. The maximum absolute atomic E-state index is 12.8. The Morgan fingerprint density at radius 3 is 2.42 bits per heavy atom. The minimum absolute atomic E-state index is 0. The average Bonchev–Trinajstić information content (AvgIpc) is 3.43. The predicted molar refractivity (Wildman–Crippen MR) is 112 cm³/mol. The van der Waals surface area contributed by atoms with Crippen LogP contribution in [0.15, 0.2) is 43.1 Å². The van der Waals surface area contributed by atoms with Gasteiger partial charge in [0.25, 0.3) is 0 Å². The lowest BCUT2D eigenvalue weighted by Crippen LogP contribution is -2.34. The van der Waals surface area contributed by atoms with Crippen LogP contribution in [0, 0.1) is 0 Å².